The Balaban J connectivity index is 1.63. The Hall–Kier alpha value is -3.35. The summed E-state index contributed by atoms with van der Waals surface area (Å²) in [5.74, 6) is 0.0883. The van der Waals surface area contributed by atoms with Gasteiger partial charge in [0.1, 0.15) is 6.54 Å². The highest BCUT2D eigenvalue weighted by atomic mass is 16.5. The smallest absolute Gasteiger partial charge is 0.322 e. The molecule has 1 aliphatic rings. The number of Topliss-reactive ketones (excluding diaryl/α,β-unsaturated/α-hetero) is 1. The van der Waals surface area contributed by atoms with Crippen molar-refractivity contribution in [3.05, 3.63) is 59.2 Å². The molecule has 0 radical (unpaired) electrons. The number of aliphatic carboxylic acids is 1. The SMILES string of the molecule is COc1ccc(C(=O)Cc2ccc(C(=O)NCC(=O)O)cc2)cc1OCC1CC1. The van der Waals surface area contributed by atoms with Gasteiger partial charge in [-0.1, -0.05) is 12.1 Å². The highest BCUT2D eigenvalue weighted by Crippen LogP contribution is 2.33. The molecule has 0 unspecified atom stereocenters. The number of methoxy groups -OCH3 is 1. The lowest BCUT2D eigenvalue weighted by Crippen LogP contribution is -2.29. The van der Waals surface area contributed by atoms with Crippen molar-refractivity contribution in [1.82, 2.24) is 5.32 Å². The molecule has 1 amide bonds. The first kappa shape index (κ1) is 20.4. The Morgan fingerprint density at radius 2 is 1.72 bits per heavy atom. The molecular weight excluding hydrogens is 374 g/mol. The van der Waals surface area contributed by atoms with Crippen LogP contribution in [0, 0.1) is 5.92 Å². The molecule has 0 heterocycles. The number of carboxylic acids is 1. The van der Waals surface area contributed by atoms with Gasteiger partial charge >= 0.3 is 5.97 Å². The van der Waals surface area contributed by atoms with Crippen molar-refractivity contribution < 1.29 is 29.0 Å². The van der Waals surface area contributed by atoms with Gasteiger partial charge < -0.3 is 19.9 Å². The lowest BCUT2D eigenvalue weighted by molar-refractivity contribution is -0.135. The zero-order valence-electron chi connectivity index (χ0n) is 16.1. The summed E-state index contributed by atoms with van der Waals surface area (Å²) in [4.78, 5) is 35.0. The predicted molar refractivity (Wildman–Crippen MR) is 106 cm³/mol. The average Bonchev–Trinajstić information content (AvgIpc) is 3.55. The molecule has 29 heavy (non-hydrogen) atoms. The van der Waals surface area contributed by atoms with Crippen LogP contribution in [-0.2, 0) is 11.2 Å². The van der Waals surface area contributed by atoms with Gasteiger partial charge in [-0.2, -0.15) is 0 Å². The molecule has 7 heteroatoms. The molecule has 0 aromatic heterocycles. The van der Waals surface area contributed by atoms with Gasteiger partial charge in [-0.25, -0.2) is 0 Å². The standard InChI is InChI=1S/C22H23NO6/c1-28-19-9-8-17(11-20(19)29-13-15-2-3-15)18(24)10-14-4-6-16(7-5-14)22(27)23-12-21(25)26/h4-9,11,15H,2-3,10,12-13H2,1H3,(H,23,27)(H,25,26). The molecule has 1 fully saturated rings. The molecule has 1 saturated carbocycles. The molecular formula is C22H23NO6. The Morgan fingerprint density at radius 3 is 2.34 bits per heavy atom. The number of hydrogen-bond acceptors (Lipinski definition) is 5. The van der Waals surface area contributed by atoms with E-state index in [-0.39, 0.29) is 12.2 Å². The summed E-state index contributed by atoms with van der Waals surface area (Å²) in [5, 5.41) is 10.9. The monoisotopic (exact) mass is 397 g/mol. The number of carbonyl (C=O) groups is 3. The Kier molecular flexibility index (Phi) is 6.49. The molecule has 2 aromatic carbocycles. The van der Waals surface area contributed by atoms with E-state index in [1.54, 1.807) is 49.6 Å². The van der Waals surface area contributed by atoms with Gasteiger partial charge in [-0.3, -0.25) is 14.4 Å². The van der Waals surface area contributed by atoms with Crippen molar-refractivity contribution in [3.63, 3.8) is 0 Å². The Bertz CT molecular complexity index is 902. The molecule has 0 atom stereocenters. The number of ketones is 1. The van der Waals surface area contributed by atoms with Crippen LogP contribution in [0.4, 0.5) is 0 Å². The quantitative estimate of drug-likeness (QED) is 0.598. The number of carboxylic acid groups (broad SMARTS) is 1. The molecule has 0 bridgehead atoms. The van der Waals surface area contributed by atoms with Crippen LogP contribution in [0.5, 0.6) is 11.5 Å². The van der Waals surface area contributed by atoms with Gasteiger partial charge in [-0.15, -0.1) is 0 Å². The number of ether oxygens (including phenoxy) is 2. The van der Waals surface area contributed by atoms with Crippen LogP contribution in [0.25, 0.3) is 0 Å². The van der Waals surface area contributed by atoms with Crippen molar-refractivity contribution in [2.75, 3.05) is 20.3 Å². The van der Waals surface area contributed by atoms with Crippen LogP contribution < -0.4 is 14.8 Å². The molecule has 3 rings (SSSR count). The molecule has 1 aliphatic carbocycles. The van der Waals surface area contributed by atoms with Crippen molar-refractivity contribution in [3.8, 4) is 11.5 Å². The van der Waals surface area contributed by atoms with E-state index in [4.69, 9.17) is 14.6 Å². The number of amides is 1. The minimum atomic E-state index is -1.11. The molecule has 7 nitrogen and oxygen atoms in total. The number of hydrogen-bond donors (Lipinski definition) is 2. The van der Waals surface area contributed by atoms with E-state index < -0.39 is 18.4 Å². The zero-order valence-corrected chi connectivity index (χ0v) is 16.1. The van der Waals surface area contributed by atoms with Gasteiger partial charge in [0.15, 0.2) is 17.3 Å². The van der Waals surface area contributed by atoms with Crippen LogP contribution in [0.15, 0.2) is 42.5 Å². The lowest BCUT2D eigenvalue weighted by Gasteiger charge is -2.12. The first-order chi connectivity index (χ1) is 14.0. The van der Waals surface area contributed by atoms with Crippen molar-refractivity contribution in [2.24, 2.45) is 5.92 Å². The van der Waals surface area contributed by atoms with E-state index in [1.807, 2.05) is 0 Å². The third-order valence-electron chi connectivity index (χ3n) is 4.64. The highest BCUT2D eigenvalue weighted by molar-refractivity contribution is 5.98. The van der Waals surface area contributed by atoms with Crippen LogP contribution in [0.1, 0.15) is 39.1 Å². The molecule has 0 aliphatic heterocycles. The second-order valence-electron chi connectivity index (χ2n) is 6.99. The van der Waals surface area contributed by atoms with Gasteiger partial charge in [0.25, 0.3) is 5.91 Å². The summed E-state index contributed by atoms with van der Waals surface area (Å²) >= 11 is 0. The van der Waals surface area contributed by atoms with Gasteiger partial charge in [0.05, 0.1) is 13.7 Å². The van der Waals surface area contributed by atoms with E-state index in [1.165, 1.54) is 12.8 Å². The number of rotatable bonds is 10. The largest absolute Gasteiger partial charge is 0.493 e. The fourth-order valence-corrected chi connectivity index (χ4v) is 2.77. The van der Waals surface area contributed by atoms with Gasteiger partial charge in [-0.05, 0) is 54.7 Å². The summed E-state index contributed by atoms with van der Waals surface area (Å²) in [6, 6.07) is 11.6. The predicted octanol–water partition coefficient (Wildman–Crippen LogP) is 2.72. The van der Waals surface area contributed by atoms with Crippen molar-refractivity contribution in [1.29, 1.82) is 0 Å². The minimum absolute atomic E-state index is 0.0768. The first-order valence-electron chi connectivity index (χ1n) is 9.39. The van der Waals surface area contributed by atoms with Crippen molar-refractivity contribution >= 4 is 17.7 Å². The molecule has 152 valence electrons. The summed E-state index contributed by atoms with van der Waals surface area (Å²) in [6.07, 6.45) is 2.52. The second-order valence-corrected chi connectivity index (χ2v) is 6.99. The maximum absolute atomic E-state index is 12.7. The third-order valence-corrected chi connectivity index (χ3v) is 4.64. The zero-order chi connectivity index (χ0) is 20.8. The highest BCUT2D eigenvalue weighted by Gasteiger charge is 2.23. The summed E-state index contributed by atoms with van der Waals surface area (Å²) in [6.45, 7) is 0.182. The van der Waals surface area contributed by atoms with E-state index in [0.29, 0.717) is 35.2 Å². The minimum Gasteiger partial charge on any atom is -0.493 e. The van der Waals surface area contributed by atoms with Crippen LogP contribution >= 0.6 is 0 Å². The number of nitrogens with one attached hydrogen (secondary N) is 1. The van der Waals surface area contributed by atoms with Crippen LogP contribution in [-0.4, -0.2) is 43.0 Å². The summed E-state index contributed by atoms with van der Waals surface area (Å²) in [5.41, 5.74) is 1.61. The maximum atomic E-state index is 12.7. The van der Waals surface area contributed by atoms with Gasteiger partial charge in [0, 0.05) is 17.5 Å². The molecule has 2 aromatic rings. The fourth-order valence-electron chi connectivity index (χ4n) is 2.77. The van der Waals surface area contributed by atoms with E-state index in [0.717, 1.165) is 5.56 Å². The van der Waals surface area contributed by atoms with Crippen molar-refractivity contribution in [2.45, 2.75) is 19.3 Å². The first-order valence-corrected chi connectivity index (χ1v) is 9.39. The fraction of sp³-hybridized carbons (Fsp3) is 0.318. The third kappa shape index (κ3) is 5.81. The Morgan fingerprint density at radius 1 is 1.03 bits per heavy atom. The average molecular weight is 397 g/mol. The second kappa shape index (κ2) is 9.23. The summed E-state index contributed by atoms with van der Waals surface area (Å²) in [7, 11) is 1.56. The number of carbonyl (C=O) groups excluding carboxylic acids is 2. The molecule has 2 N–H and O–H groups in total. The van der Waals surface area contributed by atoms with Crippen LogP contribution in [0.3, 0.4) is 0 Å². The Labute approximate surface area is 168 Å². The lowest BCUT2D eigenvalue weighted by atomic mass is 10.0. The van der Waals surface area contributed by atoms with E-state index in [2.05, 4.69) is 5.32 Å². The molecule has 0 saturated heterocycles. The van der Waals surface area contributed by atoms with Gasteiger partial charge in [0.2, 0.25) is 0 Å². The number of benzene rings is 2. The summed E-state index contributed by atoms with van der Waals surface area (Å²) < 4.78 is 11.1. The maximum Gasteiger partial charge on any atom is 0.322 e. The topological polar surface area (TPSA) is 102 Å². The normalized spacial score (nSPS) is 12.9. The van der Waals surface area contributed by atoms with E-state index in [9.17, 15) is 14.4 Å². The molecule has 0 spiro atoms. The van der Waals surface area contributed by atoms with Crippen LogP contribution in [0.2, 0.25) is 0 Å². The van der Waals surface area contributed by atoms with E-state index >= 15 is 0 Å².